The Hall–Kier alpha value is -2.13. The zero-order valence-corrected chi connectivity index (χ0v) is 23.9. The first-order chi connectivity index (χ1) is 17.9. The van der Waals surface area contributed by atoms with Crippen LogP contribution in [0.15, 0.2) is 48.5 Å². The molecule has 1 saturated heterocycles. The average Bonchev–Trinajstić information content (AvgIpc) is 3.67. The summed E-state index contributed by atoms with van der Waals surface area (Å²) in [5.41, 5.74) is 0.566. The van der Waals surface area contributed by atoms with Gasteiger partial charge in [-0.15, -0.1) is 0 Å². The molecule has 0 bridgehead atoms. The van der Waals surface area contributed by atoms with Crippen molar-refractivity contribution in [2.75, 3.05) is 12.3 Å². The fourth-order valence-corrected chi connectivity index (χ4v) is 7.20. The Morgan fingerprint density at radius 2 is 1.82 bits per heavy atom. The first-order valence-electron chi connectivity index (χ1n) is 13.0. The molecule has 1 amide bonds. The number of benzene rings is 2. The van der Waals surface area contributed by atoms with Gasteiger partial charge < -0.3 is 10.0 Å². The highest BCUT2D eigenvalue weighted by atomic mass is 35.5. The van der Waals surface area contributed by atoms with Crippen molar-refractivity contribution < 1.29 is 23.1 Å². The fourth-order valence-electron chi connectivity index (χ4n) is 5.77. The van der Waals surface area contributed by atoms with Gasteiger partial charge in [-0.1, -0.05) is 61.3 Å². The maximum Gasteiger partial charge on any atom is 0.304 e. The Bertz CT molecular complexity index is 1280. The van der Waals surface area contributed by atoms with Crippen molar-refractivity contribution in [2.45, 2.75) is 64.0 Å². The summed E-state index contributed by atoms with van der Waals surface area (Å²) in [6.07, 6.45) is 2.20. The summed E-state index contributed by atoms with van der Waals surface area (Å²) in [4.78, 5) is 28.1. The number of nitrogens with one attached hydrogen (secondary N) is 1. The van der Waals surface area contributed by atoms with Crippen LogP contribution in [0.1, 0.15) is 69.0 Å². The molecule has 7 nitrogen and oxygen atoms in total. The normalized spacial score (nSPS) is 24.8. The average molecular weight is 582 g/mol. The highest BCUT2D eigenvalue weighted by Gasteiger charge is 2.54. The van der Waals surface area contributed by atoms with Gasteiger partial charge >= 0.3 is 5.97 Å². The van der Waals surface area contributed by atoms with Crippen molar-refractivity contribution in [2.24, 2.45) is 11.3 Å². The second-order valence-corrected chi connectivity index (χ2v) is 13.6. The molecule has 2 N–H and O–H groups in total. The third kappa shape index (κ3) is 6.53. The van der Waals surface area contributed by atoms with E-state index in [1.54, 1.807) is 36.9 Å². The fraction of sp³-hybridized carbons (Fsp3) is 0.500. The van der Waals surface area contributed by atoms with E-state index in [9.17, 15) is 23.1 Å². The molecule has 2 fully saturated rings. The molecule has 4 rings (SSSR count). The molecule has 1 aliphatic heterocycles. The van der Waals surface area contributed by atoms with Gasteiger partial charge in [-0.2, -0.15) is 0 Å². The van der Waals surface area contributed by atoms with Gasteiger partial charge in [0, 0.05) is 28.5 Å². The van der Waals surface area contributed by atoms with Crippen LogP contribution in [0.2, 0.25) is 10.0 Å². The highest BCUT2D eigenvalue weighted by molar-refractivity contribution is 7.89. The summed E-state index contributed by atoms with van der Waals surface area (Å²) in [7, 11) is -3.51. The molecule has 206 valence electrons. The molecule has 2 aromatic carbocycles. The topological polar surface area (TPSA) is 104 Å². The predicted molar refractivity (Wildman–Crippen MR) is 149 cm³/mol. The van der Waals surface area contributed by atoms with Gasteiger partial charge in [0.2, 0.25) is 15.9 Å². The van der Waals surface area contributed by atoms with Gasteiger partial charge in [0.25, 0.3) is 0 Å². The van der Waals surface area contributed by atoms with Crippen molar-refractivity contribution >= 4 is 45.1 Å². The summed E-state index contributed by atoms with van der Waals surface area (Å²) in [5.74, 6) is -1.48. The number of carbonyl (C=O) groups is 2. The Balaban J connectivity index is 1.86. The molecule has 4 atom stereocenters. The number of hydrogen-bond acceptors (Lipinski definition) is 4. The standard InChI is InChI=1S/C28H34Cl2N2O5S/c1-3-13-38(36,37)31-17-24(18-7-8-18)32-26(19-9-11-21(29)12-10-19)23(20-5-4-6-22(30)14-20)15-28(2,27(32)35)16-25(33)34/h4-6,9-12,14,18,23-24,26,31H,3,7-8,13,15-17H2,1-2H3,(H,33,34). The molecular weight excluding hydrogens is 547 g/mol. The van der Waals surface area contributed by atoms with Crippen LogP contribution in [-0.4, -0.2) is 48.6 Å². The van der Waals surface area contributed by atoms with E-state index in [-0.39, 0.29) is 36.5 Å². The number of carboxylic acid groups (broad SMARTS) is 1. The van der Waals surface area contributed by atoms with E-state index in [2.05, 4.69) is 4.72 Å². The summed E-state index contributed by atoms with van der Waals surface area (Å²) in [6, 6.07) is 13.9. The lowest BCUT2D eigenvalue weighted by molar-refractivity contribution is -0.161. The Labute approximate surface area is 234 Å². The SMILES string of the molecule is CCCS(=O)(=O)NCC(C1CC1)N1C(=O)C(C)(CC(=O)O)CC(c2cccc(Cl)c2)C1c1ccc(Cl)cc1. The largest absolute Gasteiger partial charge is 0.481 e. The Kier molecular flexibility index (Phi) is 8.77. The van der Waals surface area contributed by atoms with Gasteiger partial charge in [0.1, 0.15) is 0 Å². The van der Waals surface area contributed by atoms with Crippen molar-refractivity contribution in [3.63, 3.8) is 0 Å². The number of hydrogen-bond donors (Lipinski definition) is 2. The monoisotopic (exact) mass is 580 g/mol. The predicted octanol–water partition coefficient (Wildman–Crippen LogP) is 5.64. The quantitative estimate of drug-likeness (QED) is 0.358. The maximum absolute atomic E-state index is 14.3. The number of piperidine rings is 1. The molecule has 2 aromatic rings. The van der Waals surface area contributed by atoms with E-state index in [0.717, 1.165) is 24.0 Å². The van der Waals surface area contributed by atoms with Crippen LogP contribution in [-0.2, 0) is 19.6 Å². The van der Waals surface area contributed by atoms with Crippen molar-refractivity contribution in [3.05, 3.63) is 69.7 Å². The molecule has 4 unspecified atom stereocenters. The van der Waals surface area contributed by atoms with Gasteiger partial charge in [-0.25, -0.2) is 13.1 Å². The lowest BCUT2D eigenvalue weighted by Crippen LogP contribution is -2.59. The van der Waals surface area contributed by atoms with Crippen LogP contribution in [0.5, 0.6) is 0 Å². The Morgan fingerprint density at radius 1 is 1.13 bits per heavy atom. The number of carboxylic acids is 1. The molecule has 38 heavy (non-hydrogen) atoms. The number of aliphatic carboxylic acids is 1. The molecule has 1 saturated carbocycles. The van der Waals surface area contributed by atoms with E-state index in [1.165, 1.54) is 0 Å². The van der Waals surface area contributed by atoms with Crippen LogP contribution in [0.4, 0.5) is 0 Å². The van der Waals surface area contributed by atoms with Gasteiger partial charge in [-0.3, -0.25) is 9.59 Å². The summed E-state index contributed by atoms with van der Waals surface area (Å²) < 4.78 is 27.9. The number of likely N-dealkylation sites (tertiary alicyclic amines) is 1. The maximum atomic E-state index is 14.3. The van der Waals surface area contributed by atoms with E-state index in [1.807, 2.05) is 30.3 Å². The molecule has 10 heteroatoms. The van der Waals surface area contributed by atoms with Crippen LogP contribution >= 0.6 is 23.2 Å². The Morgan fingerprint density at radius 3 is 2.39 bits per heavy atom. The third-order valence-electron chi connectivity index (χ3n) is 7.64. The zero-order valence-electron chi connectivity index (χ0n) is 21.6. The van der Waals surface area contributed by atoms with Crippen molar-refractivity contribution in [3.8, 4) is 0 Å². The lowest BCUT2D eigenvalue weighted by atomic mass is 9.67. The van der Waals surface area contributed by atoms with E-state index < -0.39 is 33.5 Å². The van der Waals surface area contributed by atoms with Crippen molar-refractivity contribution in [1.82, 2.24) is 9.62 Å². The van der Waals surface area contributed by atoms with Crippen LogP contribution in [0, 0.1) is 11.3 Å². The first kappa shape index (κ1) is 28.9. The number of carbonyl (C=O) groups excluding carboxylic acids is 1. The number of sulfonamides is 1. The van der Waals surface area contributed by atoms with Crippen LogP contribution in [0.25, 0.3) is 0 Å². The van der Waals surface area contributed by atoms with Gasteiger partial charge in [-0.05, 0) is 67.0 Å². The smallest absolute Gasteiger partial charge is 0.304 e. The minimum absolute atomic E-state index is 0.000808. The molecule has 1 aliphatic carbocycles. The van der Waals surface area contributed by atoms with Gasteiger partial charge in [0.15, 0.2) is 0 Å². The summed E-state index contributed by atoms with van der Waals surface area (Å²) in [5, 5.41) is 10.9. The van der Waals surface area contributed by atoms with Gasteiger partial charge in [0.05, 0.1) is 23.6 Å². The second-order valence-electron chi connectivity index (χ2n) is 10.8. The third-order valence-corrected chi connectivity index (χ3v) is 9.68. The minimum Gasteiger partial charge on any atom is -0.481 e. The van der Waals surface area contributed by atoms with Crippen molar-refractivity contribution in [1.29, 1.82) is 0 Å². The first-order valence-corrected chi connectivity index (χ1v) is 15.4. The summed E-state index contributed by atoms with van der Waals surface area (Å²) in [6.45, 7) is 3.58. The van der Waals surface area contributed by atoms with Crippen LogP contribution < -0.4 is 4.72 Å². The molecular formula is C28H34Cl2N2O5S. The van der Waals surface area contributed by atoms with E-state index in [4.69, 9.17) is 23.2 Å². The highest BCUT2D eigenvalue weighted by Crippen LogP contribution is 2.54. The molecule has 0 spiro atoms. The minimum atomic E-state index is -3.51. The molecule has 1 heterocycles. The number of halogens is 2. The van der Waals surface area contributed by atoms with E-state index >= 15 is 0 Å². The summed E-state index contributed by atoms with van der Waals surface area (Å²) >= 11 is 12.6. The van der Waals surface area contributed by atoms with Crippen LogP contribution in [0.3, 0.4) is 0 Å². The molecule has 2 aliphatic rings. The number of amides is 1. The molecule has 0 radical (unpaired) electrons. The number of nitrogens with zero attached hydrogens (tertiary/aromatic N) is 1. The lowest BCUT2D eigenvalue weighted by Gasteiger charge is -2.52. The number of rotatable bonds is 11. The molecule has 0 aromatic heterocycles. The zero-order chi connectivity index (χ0) is 27.7. The van der Waals surface area contributed by atoms with E-state index in [0.29, 0.717) is 22.9 Å². The second kappa shape index (κ2) is 11.5.